The normalized spacial score (nSPS) is 11.8. The maximum atomic E-state index is 8.66. The molecule has 0 unspecified atom stereocenters. The first-order valence-corrected chi connectivity index (χ1v) is 5.38. The predicted molar refractivity (Wildman–Crippen MR) is 64.3 cm³/mol. The van der Waals surface area contributed by atoms with Crippen LogP contribution < -0.4 is 5.32 Å². The zero-order valence-corrected chi connectivity index (χ0v) is 9.54. The van der Waals surface area contributed by atoms with Gasteiger partial charge in [-0.15, -0.1) is 0 Å². The Morgan fingerprint density at radius 2 is 2.41 bits per heavy atom. The van der Waals surface area contributed by atoms with Gasteiger partial charge < -0.3 is 5.32 Å². The summed E-state index contributed by atoms with van der Waals surface area (Å²) < 4.78 is 1.86. The Bertz CT molecular complexity index is 495. The molecule has 0 aliphatic rings. The summed E-state index contributed by atoms with van der Waals surface area (Å²) in [5.41, 5.74) is 0.565. The van der Waals surface area contributed by atoms with Gasteiger partial charge in [0, 0.05) is 24.6 Å². The molecule has 0 fully saturated rings. The minimum atomic E-state index is 0.218. The lowest BCUT2D eigenvalue weighted by molar-refractivity contribution is 0.560. The van der Waals surface area contributed by atoms with Crippen LogP contribution in [-0.2, 0) is 6.54 Å². The number of hydrogen-bond acceptors (Lipinski definition) is 4. The molecule has 5 heteroatoms. The van der Waals surface area contributed by atoms with Gasteiger partial charge in [-0.1, -0.05) is 0 Å². The van der Waals surface area contributed by atoms with Crippen molar-refractivity contribution in [1.29, 1.82) is 5.26 Å². The van der Waals surface area contributed by atoms with Gasteiger partial charge in [0.05, 0.1) is 12.1 Å². The summed E-state index contributed by atoms with van der Waals surface area (Å²) in [7, 11) is 0. The smallest absolute Gasteiger partial charge is 0.126 e. The van der Waals surface area contributed by atoms with E-state index < -0.39 is 0 Å². The van der Waals surface area contributed by atoms with E-state index in [1.165, 1.54) is 0 Å². The number of nitriles is 1. The molecule has 86 valence electrons. The fourth-order valence-corrected chi connectivity index (χ4v) is 1.53. The summed E-state index contributed by atoms with van der Waals surface area (Å²) in [5, 5.41) is 16.0. The molecule has 0 aliphatic heterocycles. The third-order valence-electron chi connectivity index (χ3n) is 2.31. The van der Waals surface area contributed by atoms with Crippen molar-refractivity contribution in [2.24, 2.45) is 0 Å². The van der Waals surface area contributed by atoms with E-state index in [4.69, 9.17) is 5.26 Å². The number of pyridine rings is 1. The Morgan fingerprint density at radius 3 is 3.00 bits per heavy atom. The number of nitrogens with one attached hydrogen (secondary N) is 1. The van der Waals surface area contributed by atoms with Crippen LogP contribution in [0.4, 0.5) is 5.82 Å². The third kappa shape index (κ3) is 3.05. The van der Waals surface area contributed by atoms with Crippen LogP contribution in [0.5, 0.6) is 0 Å². The van der Waals surface area contributed by atoms with Crippen molar-refractivity contribution >= 4 is 5.82 Å². The van der Waals surface area contributed by atoms with Gasteiger partial charge in [0.1, 0.15) is 11.9 Å². The SMILES string of the molecule is C[C@@H](Cn1cccn1)Nc1ccc(C#N)cn1. The summed E-state index contributed by atoms with van der Waals surface area (Å²) in [5.74, 6) is 0.767. The molecule has 0 aromatic carbocycles. The first-order chi connectivity index (χ1) is 8.28. The third-order valence-corrected chi connectivity index (χ3v) is 2.31. The molecular weight excluding hydrogens is 214 g/mol. The van der Waals surface area contributed by atoms with Gasteiger partial charge in [-0.25, -0.2) is 4.98 Å². The summed E-state index contributed by atoms with van der Waals surface area (Å²) in [6.45, 7) is 2.83. The van der Waals surface area contributed by atoms with Gasteiger partial charge in [0.25, 0.3) is 0 Å². The maximum Gasteiger partial charge on any atom is 0.126 e. The Balaban J connectivity index is 1.94. The molecule has 0 radical (unpaired) electrons. The summed E-state index contributed by atoms with van der Waals surface area (Å²) in [6, 6.07) is 7.70. The molecule has 2 aromatic rings. The van der Waals surface area contributed by atoms with Crippen molar-refractivity contribution < 1.29 is 0 Å². The van der Waals surface area contributed by atoms with E-state index >= 15 is 0 Å². The summed E-state index contributed by atoms with van der Waals surface area (Å²) in [4.78, 5) is 4.16. The van der Waals surface area contributed by atoms with Gasteiger partial charge in [0.15, 0.2) is 0 Å². The van der Waals surface area contributed by atoms with E-state index in [0.717, 1.165) is 12.4 Å². The van der Waals surface area contributed by atoms with Crippen LogP contribution in [-0.4, -0.2) is 20.8 Å². The molecule has 0 spiro atoms. The van der Waals surface area contributed by atoms with Crippen LogP contribution in [0.25, 0.3) is 0 Å². The van der Waals surface area contributed by atoms with E-state index in [-0.39, 0.29) is 6.04 Å². The van der Waals surface area contributed by atoms with Crippen molar-refractivity contribution in [3.05, 3.63) is 42.4 Å². The molecule has 2 aromatic heterocycles. The van der Waals surface area contributed by atoms with E-state index in [2.05, 4.69) is 22.3 Å². The lowest BCUT2D eigenvalue weighted by atomic mass is 10.3. The van der Waals surface area contributed by atoms with Crippen molar-refractivity contribution in [3.63, 3.8) is 0 Å². The molecule has 0 bridgehead atoms. The second-order valence-electron chi connectivity index (χ2n) is 3.82. The Kier molecular flexibility index (Phi) is 3.36. The average Bonchev–Trinajstić information content (AvgIpc) is 2.82. The largest absolute Gasteiger partial charge is 0.366 e. The predicted octanol–water partition coefficient (Wildman–Crippen LogP) is 1.65. The number of anilines is 1. The standard InChI is InChI=1S/C12H13N5/c1-10(9-17-6-2-5-15-17)16-12-4-3-11(7-13)8-14-12/h2-6,8,10H,9H2,1H3,(H,14,16)/t10-/m0/s1. The van der Waals surface area contributed by atoms with Gasteiger partial charge in [-0.05, 0) is 25.1 Å². The highest BCUT2D eigenvalue weighted by molar-refractivity contribution is 5.39. The number of hydrogen-bond donors (Lipinski definition) is 1. The molecule has 0 saturated heterocycles. The van der Waals surface area contributed by atoms with Gasteiger partial charge in [0.2, 0.25) is 0 Å². The van der Waals surface area contributed by atoms with Crippen molar-refractivity contribution in [2.75, 3.05) is 5.32 Å². The minimum absolute atomic E-state index is 0.218. The highest BCUT2D eigenvalue weighted by Crippen LogP contribution is 2.06. The van der Waals surface area contributed by atoms with E-state index in [9.17, 15) is 0 Å². The van der Waals surface area contributed by atoms with E-state index in [0.29, 0.717) is 5.56 Å². The molecule has 5 nitrogen and oxygen atoms in total. The first-order valence-electron chi connectivity index (χ1n) is 5.38. The Morgan fingerprint density at radius 1 is 1.53 bits per heavy atom. The molecule has 1 N–H and O–H groups in total. The lowest BCUT2D eigenvalue weighted by Gasteiger charge is -2.14. The number of aromatic nitrogens is 3. The Labute approximate surface area is 99.7 Å². The van der Waals surface area contributed by atoms with Gasteiger partial charge in [-0.3, -0.25) is 4.68 Å². The van der Waals surface area contributed by atoms with E-state index in [1.54, 1.807) is 24.5 Å². The molecule has 2 rings (SSSR count). The monoisotopic (exact) mass is 227 g/mol. The molecule has 0 saturated carbocycles. The molecule has 2 heterocycles. The van der Waals surface area contributed by atoms with Crippen LogP contribution in [0.2, 0.25) is 0 Å². The maximum absolute atomic E-state index is 8.66. The van der Waals surface area contributed by atoms with Crippen LogP contribution in [0.3, 0.4) is 0 Å². The van der Waals surface area contributed by atoms with Crippen LogP contribution >= 0.6 is 0 Å². The fourth-order valence-electron chi connectivity index (χ4n) is 1.53. The number of rotatable bonds is 4. The van der Waals surface area contributed by atoms with Crippen molar-refractivity contribution in [2.45, 2.75) is 19.5 Å². The molecule has 0 aliphatic carbocycles. The minimum Gasteiger partial charge on any atom is -0.366 e. The number of nitrogens with zero attached hydrogens (tertiary/aromatic N) is 4. The second kappa shape index (κ2) is 5.12. The molecule has 0 amide bonds. The van der Waals surface area contributed by atoms with Crippen LogP contribution in [0.15, 0.2) is 36.8 Å². The second-order valence-corrected chi connectivity index (χ2v) is 3.82. The average molecular weight is 227 g/mol. The topological polar surface area (TPSA) is 66.5 Å². The molecular formula is C12H13N5. The lowest BCUT2D eigenvalue weighted by Crippen LogP contribution is -2.22. The molecule has 17 heavy (non-hydrogen) atoms. The van der Waals surface area contributed by atoms with E-state index in [1.807, 2.05) is 23.0 Å². The fraction of sp³-hybridized carbons (Fsp3) is 0.250. The van der Waals surface area contributed by atoms with Crippen molar-refractivity contribution in [1.82, 2.24) is 14.8 Å². The van der Waals surface area contributed by atoms with Crippen molar-refractivity contribution in [3.8, 4) is 6.07 Å². The van der Waals surface area contributed by atoms with Gasteiger partial charge in [-0.2, -0.15) is 10.4 Å². The Hall–Kier alpha value is -2.35. The first kappa shape index (κ1) is 11.1. The summed E-state index contributed by atoms with van der Waals surface area (Å²) in [6.07, 6.45) is 5.24. The van der Waals surface area contributed by atoms with Crippen LogP contribution in [0.1, 0.15) is 12.5 Å². The van der Waals surface area contributed by atoms with Gasteiger partial charge >= 0.3 is 0 Å². The zero-order valence-electron chi connectivity index (χ0n) is 9.54. The van der Waals surface area contributed by atoms with Crippen LogP contribution in [0, 0.1) is 11.3 Å². The zero-order chi connectivity index (χ0) is 12.1. The summed E-state index contributed by atoms with van der Waals surface area (Å²) >= 11 is 0. The quantitative estimate of drug-likeness (QED) is 0.862. The highest BCUT2D eigenvalue weighted by Gasteiger charge is 2.03. The molecule has 1 atom stereocenters. The highest BCUT2D eigenvalue weighted by atomic mass is 15.3.